The molecule has 0 saturated heterocycles. The highest BCUT2D eigenvalue weighted by molar-refractivity contribution is 5.65. The second kappa shape index (κ2) is 6.86. The van der Waals surface area contributed by atoms with Crippen LogP contribution in [0.5, 0.6) is 0 Å². The Morgan fingerprint density at radius 1 is 0.667 bits per heavy atom. The summed E-state index contributed by atoms with van der Waals surface area (Å²) in [5.74, 6) is 6.47. The van der Waals surface area contributed by atoms with E-state index in [1.807, 2.05) is 36.4 Å². The Morgan fingerprint density at radius 2 is 1.25 bits per heavy atom. The van der Waals surface area contributed by atoms with Crippen LogP contribution in [0.2, 0.25) is 0 Å². The number of nitrogens with zero attached hydrogens (tertiary/aromatic N) is 1. The third kappa shape index (κ3) is 3.54. The Labute approximate surface area is 143 Å². The van der Waals surface area contributed by atoms with E-state index in [-0.39, 0.29) is 0 Å². The minimum atomic E-state index is 0.676. The van der Waals surface area contributed by atoms with Crippen LogP contribution < -0.4 is 0 Å². The zero-order chi connectivity index (χ0) is 16.9. The molecule has 1 nitrogen and oxygen atoms in total. The second-order valence-electron chi connectivity index (χ2n) is 5.83. The predicted molar refractivity (Wildman–Crippen MR) is 98.5 cm³/mol. The first-order valence-corrected chi connectivity index (χ1v) is 7.85. The first-order valence-electron chi connectivity index (χ1n) is 7.85. The molecule has 3 rings (SSSR count). The third-order valence-electron chi connectivity index (χ3n) is 3.96. The summed E-state index contributed by atoms with van der Waals surface area (Å²) in [4.78, 5) is 0. The molecule has 0 aromatic heterocycles. The van der Waals surface area contributed by atoms with Gasteiger partial charge in [-0.1, -0.05) is 53.8 Å². The van der Waals surface area contributed by atoms with Crippen LogP contribution in [-0.4, -0.2) is 0 Å². The van der Waals surface area contributed by atoms with Gasteiger partial charge in [-0.3, -0.25) is 0 Å². The lowest BCUT2D eigenvalue weighted by Crippen LogP contribution is -1.84. The van der Waals surface area contributed by atoms with Gasteiger partial charge in [0.25, 0.3) is 0 Å². The number of hydrogen-bond donors (Lipinski definition) is 0. The van der Waals surface area contributed by atoms with Gasteiger partial charge in [-0.05, 0) is 60.9 Å². The number of benzene rings is 3. The van der Waals surface area contributed by atoms with Crippen molar-refractivity contribution in [2.24, 2.45) is 0 Å². The van der Waals surface area contributed by atoms with E-state index in [1.165, 1.54) is 11.1 Å². The van der Waals surface area contributed by atoms with Crippen molar-refractivity contribution in [1.82, 2.24) is 0 Å². The molecule has 24 heavy (non-hydrogen) atoms. The molecule has 0 radical (unpaired) electrons. The van der Waals surface area contributed by atoms with Crippen molar-refractivity contribution >= 4 is 0 Å². The van der Waals surface area contributed by atoms with E-state index in [1.54, 1.807) is 0 Å². The fourth-order valence-corrected chi connectivity index (χ4v) is 2.58. The largest absolute Gasteiger partial charge is 0.192 e. The van der Waals surface area contributed by atoms with Gasteiger partial charge in [0.15, 0.2) is 0 Å². The lowest BCUT2D eigenvalue weighted by Gasteiger charge is -2.02. The molecule has 0 saturated carbocycles. The van der Waals surface area contributed by atoms with Gasteiger partial charge in [0.2, 0.25) is 0 Å². The average Bonchev–Trinajstić information content (AvgIpc) is 2.62. The summed E-state index contributed by atoms with van der Waals surface area (Å²) >= 11 is 0. The van der Waals surface area contributed by atoms with Gasteiger partial charge in [-0.15, -0.1) is 0 Å². The van der Waals surface area contributed by atoms with Crippen LogP contribution in [0.1, 0.15) is 27.8 Å². The minimum Gasteiger partial charge on any atom is -0.192 e. The number of rotatable bonds is 1. The highest BCUT2D eigenvalue weighted by Gasteiger charge is 1.98. The standard InChI is InChI=1S/C23H17N/c1-17-3-9-21(18(2)15-17)10-4-19-5-11-22(12-6-19)23-13-7-20(16-24)8-14-23/h3,5-9,11-15H,1-2H3. The Morgan fingerprint density at radius 3 is 1.79 bits per heavy atom. The Balaban J connectivity index is 1.82. The lowest BCUT2D eigenvalue weighted by atomic mass is 10.0. The zero-order valence-corrected chi connectivity index (χ0v) is 13.8. The van der Waals surface area contributed by atoms with Crippen LogP contribution in [-0.2, 0) is 0 Å². The first kappa shape index (κ1) is 15.6. The molecule has 0 spiro atoms. The molecule has 114 valence electrons. The Bertz CT molecular complexity index is 960. The van der Waals surface area contributed by atoms with Gasteiger partial charge < -0.3 is 0 Å². The smallest absolute Gasteiger partial charge is 0.0991 e. The SMILES string of the molecule is Cc1ccc(C#Cc2ccc(-c3ccc(C#N)cc3)cc2)c(C)c1. The van der Waals surface area contributed by atoms with Crippen LogP contribution >= 0.6 is 0 Å². The fourth-order valence-electron chi connectivity index (χ4n) is 2.58. The normalized spacial score (nSPS) is 9.71. The minimum absolute atomic E-state index is 0.676. The van der Waals surface area contributed by atoms with Crippen molar-refractivity contribution in [1.29, 1.82) is 5.26 Å². The maximum absolute atomic E-state index is 8.86. The number of nitriles is 1. The topological polar surface area (TPSA) is 23.8 Å². The summed E-state index contributed by atoms with van der Waals surface area (Å²) in [6.45, 7) is 4.18. The molecular formula is C23H17N. The first-order chi connectivity index (χ1) is 11.7. The average molecular weight is 307 g/mol. The summed E-state index contributed by atoms with van der Waals surface area (Å²) in [6, 6.07) is 24.2. The monoisotopic (exact) mass is 307 g/mol. The van der Waals surface area contributed by atoms with Gasteiger partial charge in [-0.25, -0.2) is 0 Å². The quantitative estimate of drug-likeness (QED) is 0.564. The van der Waals surface area contributed by atoms with E-state index in [4.69, 9.17) is 5.26 Å². The van der Waals surface area contributed by atoms with Crippen LogP contribution in [0.25, 0.3) is 11.1 Å². The Hall–Kier alpha value is -3.29. The van der Waals surface area contributed by atoms with E-state index < -0.39 is 0 Å². The van der Waals surface area contributed by atoms with Crippen LogP contribution in [0.15, 0.2) is 66.7 Å². The predicted octanol–water partition coefficient (Wildman–Crippen LogP) is 5.24. The van der Waals surface area contributed by atoms with Gasteiger partial charge in [0.1, 0.15) is 0 Å². The maximum atomic E-state index is 8.86. The third-order valence-corrected chi connectivity index (χ3v) is 3.96. The van der Waals surface area contributed by atoms with Gasteiger partial charge >= 0.3 is 0 Å². The molecule has 0 unspecified atom stereocenters. The second-order valence-corrected chi connectivity index (χ2v) is 5.83. The molecule has 0 aliphatic carbocycles. The van der Waals surface area contributed by atoms with E-state index in [0.717, 1.165) is 22.3 Å². The fraction of sp³-hybridized carbons (Fsp3) is 0.0870. The molecule has 0 aliphatic heterocycles. The van der Waals surface area contributed by atoms with Crippen LogP contribution in [0.3, 0.4) is 0 Å². The van der Waals surface area contributed by atoms with Crippen molar-refractivity contribution in [2.75, 3.05) is 0 Å². The molecule has 0 atom stereocenters. The summed E-state index contributed by atoms with van der Waals surface area (Å²) in [7, 11) is 0. The van der Waals surface area contributed by atoms with E-state index in [2.05, 4.69) is 62.1 Å². The molecular weight excluding hydrogens is 290 g/mol. The zero-order valence-electron chi connectivity index (χ0n) is 13.8. The Kier molecular flexibility index (Phi) is 4.46. The molecule has 0 aliphatic rings. The maximum Gasteiger partial charge on any atom is 0.0991 e. The summed E-state index contributed by atoms with van der Waals surface area (Å²) in [5, 5.41) is 8.86. The van der Waals surface area contributed by atoms with E-state index in [0.29, 0.717) is 5.56 Å². The molecule has 0 N–H and O–H groups in total. The number of aryl methyl sites for hydroxylation is 2. The molecule has 1 heteroatoms. The van der Waals surface area contributed by atoms with Crippen molar-refractivity contribution in [3.8, 4) is 29.0 Å². The van der Waals surface area contributed by atoms with Crippen molar-refractivity contribution in [3.05, 3.63) is 94.5 Å². The molecule has 0 bridgehead atoms. The molecule has 3 aromatic carbocycles. The summed E-state index contributed by atoms with van der Waals surface area (Å²) in [6.07, 6.45) is 0. The molecule has 0 fully saturated rings. The summed E-state index contributed by atoms with van der Waals surface area (Å²) in [5.41, 5.74) is 7.42. The van der Waals surface area contributed by atoms with E-state index in [9.17, 15) is 0 Å². The van der Waals surface area contributed by atoms with Gasteiger partial charge in [0, 0.05) is 11.1 Å². The number of hydrogen-bond acceptors (Lipinski definition) is 1. The molecule has 0 amide bonds. The molecule has 0 heterocycles. The summed E-state index contributed by atoms with van der Waals surface area (Å²) < 4.78 is 0. The van der Waals surface area contributed by atoms with Crippen LogP contribution in [0, 0.1) is 37.0 Å². The van der Waals surface area contributed by atoms with Gasteiger partial charge in [0.05, 0.1) is 11.6 Å². The van der Waals surface area contributed by atoms with Crippen LogP contribution in [0.4, 0.5) is 0 Å². The van der Waals surface area contributed by atoms with Crippen molar-refractivity contribution in [3.63, 3.8) is 0 Å². The van der Waals surface area contributed by atoms with Gasteiger partial charge in [-0.2, -0.15) is 5.26 Å². The van der Waals surface area contributed by atoms with Crippen molar-refractivity contribution in [2.45, 2.75) is 13.8 Å². The molecule has 3 aromatic rings. The van der Waals surface area contributed by atoms with E-state index >= 15 is 0 Å². The highest BCUT2D eigenvalue weighted by Crippen LogP contribution is 2.20. The lowest BCUT2D eigenvalue weighted by molar-refractivity contribution is 1.36. The highest BCUT2D eigenvalue weighted by atomic mass is 14.2. The van der Waals surface area contributed by atoms with Crippen molar-refractivity contribution < 1.29 is 0 Å².